The Labute approximate surface area is 136 Å². The molecule has 0 aliphatic heterocycles. The topological polar surface area (TPSA) is 76.8 Å². The molecule has 7 heteroatoms. The van der Waals surface area contributed by atoms with Crippen LogP contribution in [0.3, 0.4) is 0 Å². The predicted octanol–water partition coefficient (Wildman–Crippen LogP) is 3.64. The number of aromatic amines is 1. The summed E-state index contributed by atoms with van der Waals surface area (Å²) in [5.74, 6) is 0.836. The molecule has 3 heterocycles. The highest BCUT2D eigenvalue weighted by Gasteiger charge is 2.16. The minimum Gasteiger partial charge on any atom is -0.473 e. The minimum absolute atomic E-state index is 0.248. The van der Waals surface area contributed by atoms with Gasteiger partial charge in [0.25, 0.3) is 0 Å². The number of halogens is 1. The number of rotatable bonds is 4. The first-order valence-corrected chi connectivity index (χ1v) is 7.35. The molecule has 0 radical (unpaired) electrons. The van der Waals surface area contributed by atoms with E-state index in [1.807, 2.05) is 13.0 Å². The number of nitrogens with zero attached hydrogens (tertiary/aromatic N) is 3. The summed E-state index contributed by atoms with van der Waals surface area (Å²) in [4.78, 5) is 4.36. The van der Waals surface area contributed by atoms with Crippen LogP contribution in [0.1, 0.15) is 11.3 Å². The van der Waals surface area contributed by atoms with Crippen LogP contribution in [0.4, 0.5) is 4.39 Å². The molecule has 4 aromatic rings. The molecule has 0 saturated carbocycles. The van der Waals surface area contributed by atoms with E-state index < -0.39 is 0 Å². The van der Waals surface area contributed by atoms with Crippen molar-refractivity contribution in [1.29, 1.82) is 0 Å². The fourth-order valence-corrected chi connectivity index (χ4v) is 2.43. The Bertz CT molecular complexity index is 991. The molecular weight excluding hydrogens is 311 g/mol. The molecule has 3 aromatic heterocycles. The lowest BCUT2D eigenvalue weighted by Crippen LogP contribution is -1.99. The summed E-state index contributed by atoms with van der Waals surface area (Å²) < 4.78 is 24.1. The molecule has 0 spiro atoms. The van der Waals surface area contributed by atoms with Crippen molar-refractivity contribution in [3.63, 3.8) is 0 Å². The smallest absolute Gasteiger partial charge is 0.214 e. The molecule has 0 aliphatic carbocycles. The second-order valence-electron chi connectivity index (χ2n) is 5.31. The predicted molar refractivity (Wildman–Crippen MR) is 84.9 cm³/mol. The molecule has 24 heavy (non-hydrogen) atoms. The average molecular weight is 324 g/mol. The molecule has 1 N–H and O–H groups in total. The average Bonchev–Trinajstić information content (AvgIpc) is 3.20. The van der Waals surface area contributed by atoms with Crippen LogP contribution >= 0.6 is 0 Å². The highest BCUT2D eigenvalue weighted by Crippen LogP contribution is 2.26. The van der Waals surface area contributed by atoms with Crippen molar-refractivity contribution in [2.75, 3.05) is 0 Å². The third-order valence-corrected chi connectivity index (χ3v) is 3.74. The van der Waals surface area contributed by atoms with Crippen LogP contribution in [0.15, 0.2) is 47.1 Å². The first-order valence-electron chi connectivity index (χ1n) is 7.35. The van der Waals surface area contributed by atoms with Gasteiger partial charge in [-0.05, 0) is 37.3 Å². The standard InChI is InChI=1S/C17H13FN4O2/c1-10-13(17(22-24-10)11-2-4-12(18)5-3-11)9-23-16-7-6-14-15(20-16)8-19-21-14/h2-8H,9H2,1H3,(H,19,21). The van der Waals surface area contributed by atoms with Gasteiger partial charge in [0.15, 0.2) is 0 Å². The maximum absolute atomic E-state index is 13.1. The third kappa shape index (κ3) is 2.60. The van der Waals surface area contributed by atoms with Crippen molar-refractivity contribution < 1.29 is 13.7 Å². The summed E-state index contributed by atoms with van der Waals surface area (Å²) in [7, 11) is 0. The summed E-state index contributed by atoms with van der Waals surface area (Å²) in [6.45, 7) is 2.06. The maximum atomic E-state index is 13.1. The number of aromatic nitrogens is 4. The number of hydrogen-bond donors (Lipinski definition) is 1. The van der Waals surface area contributed by atoms with Gasteiger partial charge in [0.05, 0.1) is 17.3 Å². The monoisotopic (exact) mass is 324 g/mol. The Balaban J connectivity index is 1.60. The lowest BCUT2D eigenvalue weighted by atomic mass is 10.1. The van der Waals surface area contributed by atoms with E-state index in [2.05, 4.69) is 20.3 Å². The van der Waals surface area contributed by atoms with Gasteiger partial charge in [-0.15, -0.1) is 0 Å². The van der Waals surface area contributed by atoms with Crippen molar-refractivity contribution in [1.82, 2.24) is 20.3 Å². The van der Waals surface area contributed by atoms with Crippen LogP contribution in [-0.2, 0) is 6.61 Å². The van der Waals surface area contributed by atoms with Crippen LogP contribution in [-0.4, -0.2) is 20.3 Å². The molecule has 120 valence electrons. The van der Waals surface area contributed by atoms with Gasteiger partial charge in [-0.2, -0.15) is 5.10 Å². The lowest BCUT2D eigenvalue weighted by molar-refractivity contribution is 0.291. The van der Waals surface area contributed by atoms with E-state index in [0.29, 0.717) is 17.3 Å². The molecule has 6 nitrogen and oxygen atoms in total. The summed E-state index contributed by atoms with van der Waals surface area (Å²) in [5.41, 5.74) is 3.78. The molecule has 0 atom stereocenters. The second kappa shape index (κ2) is 5.77. The van der Waals surface area contributed by atoms with E-state index in [4.69, 9.17) is 9.26 Å². The molecule has 0 aliphatic rings. The number of aryl methyl sites for hydroxylation is 1. The zero-order valence-corrected chi connectivity index (χ0v) is 12.8. The largest absolute Gasteiger partial charge is 0.473 e. The highest BCUT2D eigenvalue weighted by atomic mass is 19.1. The minimum atomic E-state index is -0.297. The quantitative estimate of drug-likeness (QED) is 0.620. The number of H-pyrrole nitrogens is 1. The molecule has 0 saturated heterocycles. The molecular formula is C17H13FN4O2. The SMILES string of the molecule is Cc1onc(-c2ccc(F)cc2)c1COc1ccc2[nH]ncc2n1. The Kier molecular flexibility index (Phi) is 3.45. The summed E-state index contributed by atoms with van der Waals surface area (Å²) in [5, 5.41) is 10.8. The Morgan fingerprint density at radius 2 is 2.00 bits per heavy atom. The summed E-state index contributed by atoms with van der Waals surface area (Å²) >= 11 is 0. The van der Waals surface area contributed by atoms with Crippen LogP contribution in [0.25, 0.3) is 22.3 Å². The molecule has 0 unspecified atom stereocenters. The van der Waals surface area contributed by atoms with Crippen molar-refractivity contribution in [3.8, 4) is 17.1 Å². The maximum Gasteiger partial charge on any atom is 0.214 e. The van der Waals surface area contributed by atoms with Gasteiger partial charge >= 0.3 is 0 Å². The van der Waals surface area contributed by atoms with Gasteiger partial charge in [-0.25, -0.2) is 9.37 Å². The lowest BCUT2D eigenvalue weighted by Gasteiger charge is -2.06. The first kappa shape index (κ1) is 14.4. The van der Waals surface area contributed by atoms with Gasteiger partial charge in [-0.3, -0.25) is 5.10 Å². The van der Waals surface area contributed by atoms with Crippen LogP contribution in [0.2, 0.25) is 0 Å². The van der Waals surface area contributed by atoms with E-state index >= 15 is 0 Å². The van der Waals surface area contributed by atoms with Crippen molar-refractivity contribution in [2.24, 2.45) is 0 Å². The number of hydrogen-bond acceptors (Lipinski definition) is 5. The normalized spacial score (nSPS) is 11.1. The van der Waals surface area contributed by atoms with Crippen LogP contribution in [0, 0.1) is 12.7 Å². The van der Waals surface area contributed by atoms with Gasteiger partial charge < -0.3 is 9.26 Å². The third-order valence-electron chi connectivity index (χ3n) is 3.74. The number of ether oxygens (including phenoxy) is 1. The van der Waals surface area contributed by atoms with Crippen LogP contribution in [0.5, 0.6) is 5.88 Å². The fraction of sp³-hybridized carbons (Fsp3) is 0.118. The van der Waals surface area contributed by atoms with Gasteiger partial charge in [0, 0.05) is 11.6 Å². The Hall–Kier alpha value is -3.22. The Morgan fingerprint density at radius 3 is 2.83 bits per heavy atom. The molecule has 0 amide bonds. The zero-order chi connectivity index (χ0) is 16.5. The van der Waals surface area contributed by atoms with Gasteiger partial charge in [0.2, 0.25) is 5.88 Å². The van der Waals surface area contributed by atoms with E-state index in [1.54, 1.807) is 24.4 Å². The fourth-order valence-electron chi connectivity index (χ4n) is 2.43. The van der Waals surface area contributed by atoms with Crippen molar-refractivity contribution in [2.45, 2.75) is 13.5 Å². The zero-order valence-electron chi connectivity index (χ0n) is 12.8. The van der Waals surface area contributed by atoms with Gasteiger partial charge in [0.1, 0.15) is 29.4 Å². The summed E-state index contributed by atoms with van der Waals surface area (Å²) in [6, 6.07) is 9.71. The van der Waals surface area contributed by atoms with Crippen molar-refractivity contribution >= 4 is 11.0 Å². The number of pyridine rings is 1. The first-order chi connectivity index (χ1) is 11.7. The second-order valence-corrected chi connectivity index (χ2v) is 5.31. The van der Waals surface area contributed by atoms with Crippen molar-refractivity contribution in [3.05, 3.63) is 59.7 Å². The van der Waals surface area contributed by atoms with Gasteiger partial charge in [-0.1, -0.05) is 5.16 Å². The van der Waals surface area contributed by atoms with E-state index in [0.717, 1.165) is 22.2 Å². The van der Waals surface area contributed by atoms with E-state index in [-0.39, 0.29) is 12.4 Å². The molecule has 0 fully saturated rings. The highest BCUT2D eigenvalue weighted by molar-refractivity contribution is 5.73. The number of nitrogens with one attached hydrogen (secondary N) is 1. The summed E-state index contributed by atoms with van der Waals surface area (Å²) in [6.07, 6.45) is 1.64. The molecule has 0 bridgehead atoms. The van der Waals surface area contributed by atoms with Crippen LogP contribution < -0.4 is 4.74 Å². The molecule has 1 aromatic carbocycles. The van der Waals surface area contributed by atoms with E-state index in [1.165, 1.54) is 12.1 Å². The Morgan fingerprint density at radius 1 is 1.17 bits per heavy atom. The van der Waals surface area contributed by atoms with E-state index in [9.17, 15) is 4.39 Å². The number of fused-ring (bicyclic) bond motifs is 1. The number of benzene rings is 1. The molecule has 4 rings (SSSR count).